The number of hydrogen-bond donors (Lipinski definition) is 2. The highest BCUT2D eigenvalue weighted by Crippen LogP contribution is 2.32. The van der Waals surface area contributed by atoms with E-state index in [1.807, 2.05) is 54.6 Å². The summed E-state index contributed by atoms with van der Waals surface area (Å²) in [7, 11) is 1.37. The van der Waals surface area contributed by atoms with Crippen LogP contribution in [-0.4, -0.2) is 25.9 Å². The highest BCUT2D eigenvalue weighted by molar-refractivity contribution is 7.22. The van der Waals surface area contributed by atoms with Gasteiger partial charge in [-0.15, -0.1) is 0 Å². The van der Waals surface area contributed by atoms with E-state index < -0.39 is 29.0 Å². The van der Waals surface area contributed by atoms with Gasteiger partial charge < -0.3 is 10.6 Å². The van der Waals surface area contributed by atoms with Gasteiger partial charge in [-0.1, -0.05) is 53.8 Å². The monoisotopic (exact) mass is 461 g/mol. The summed E-state index contributed by atoms with van der Waals surface area (Å²) in [4.78, 5) is 55.6. The lowest BCUT2D eigenvalue weighted by atomic mass is 9.99. The summed E-state index contributed by atoms with van der Waals surface area (Å²) in [5, 5.41) is 5.79. The standard InChI is InChI=1S/C23H19N5O4S/c1-27-21(31)18-14(11-17(29)25-22-24-15-9-5-6-10-16(15)33-22)20(30)26-19(18)28(23(27)32)12-13-7-3-2-4-8-13/h2-10,14H,11-12H2,1H3,(H,26,30)(H,24,25,29)/t14-/m0/s1. The first-order valence-electron chi connectivity index (χ1n) is 10.3. The molecule has 0 fully saturated rings. The Hall–Kier alpha value is -4.05. The van der Waals surface area contributed by atoms with Crippen LogP contribution in [0.4, 0.5) is 10.9 Å². The van der Waals surface area contributed by atoms with E-state index in [4.69, 9.17) is 0 Å². The molecule has 10 heteroatoms. The van der Waals surface area contributed by atoms with Gasteiger partial charge in [0.1, 0.15) is 5.82 Å². The van der Waals surface area contributed by atoms with E-state index in [2.05, 4.69) is 15.6 Å². The van der Waals surface area contributed by atoms with E-state index in [1.165, 1.54) is 23.0 Å². The number of rotatable bonds is 5. The van der Waals surface area contributed by atoms with E-state index in [1.54, 1.807) is 0 Å². The molecule has 0 aliphatic carbocycles. The Balaban J connectivity index is 1.46. The lowest BCUT2D eigenvalue weighted by Gasteiger charge is -2.14. The molecule has 3 heterocycles. The van der Waals surface area contributed by atoms with Gasteiger partial charge in [-0.2, -0.15) is 0 Å². The quantitative estimate of drug-likeness (QED) is 0.473. The number of fused-ring (bicyclic) bond motifs is 2. The SMILES string of the molecule is Cn1c(=O)c2c(n(Cc3ccccc3)c1=O)NC(=O)[C@H]2CC(=O)Nc1nc2ccccc2s1. The number of benzene rings is 2. The topological polar surface area (TPSA) is 115 Å². The molecule has 0 radical (unpaired) electrons. The van der Waals surface area contributed by atoms with Gasteiger partial charge in [0.15, 0.2) is 5.13 Å². The molecule has 4 aromatic rings. The Kier molecular flexibility index (Phi) is 5.14. The van der Waals surface area contributed by atoms with E-state index in [-0.39, 0.29) is 24.3 Å². The van der Waals surface area contributed by atoms with Crippen LogP contribution in [0.5, 0.6) is 0 Å². The molecule has 0 bridgehead atoms. The molecule has 1 aliphatic rings. The average Bonchev–Trinajstić information content (AvgIpc) is 3.36. The van der Waals surface area contributed by atoms with Crippen molar-refractivity contribution in [1.82, 2.24) is 14.1 Å². The number of aromatic nitrogens is 3. The van der Waals surface area contributed by atoms with Crippen LogP contribution in [0.1, 0.15) is 23.5 Å². The Morgan fingerprint density at radius 3 is 2.58 bits per heavy atom. The number of nitrogens with one attached hydrogen (secondary N) is 2. The second-order valence-corrected chi connectivity index (χ2v) is 8.79. The zero-order valence-electron chi connectivity index (χ0n) is 17.6. The number of carbonyl (C=O) groups is 2. The number of carbonyl (C=O) groups excluding carboxylic acids is 2. The third-order valence-corrected chi connectivity index (χ3v) is 6.55. The summed E-state index contributed by atoms with van der Waals surface area (Å²) in [6.45, 7) is 0.182. The number of nitrogens with zero attached hydrogens (tertiary/aromatic N) is 3. The summed E-state index contributed by atoms with van der Waals surface area (Å²) < 4.78 is 3.26. The average molecular weight is 462 g/mol. The van der Waals surface area contributed by atoms with Crippen molar-refractivity contribution >= 4 is 44.3 Å². The summed E-state index contributed by atoms with van der Waals surface area (Å²) in [6, 6.07) is 16.7. The molecule has 2 amide bonds. The summed E-state index contributed by atoms with van der Waals surface area (Å²) >= 11 is 1.33. The lowest BCUT2D eigenvalue weighted by molar-refractivity contribution is -0.122. The highest BCUT2D eigenvalue weighted by Gasteiger charge is 2.38. The van der Waals surface area contributed by atoms with Crippen LogP contribution in [0.2, 0.25) is 0 Å². The van der Waals surface area contributed by atoms with Gasteiger partial charge in [0, 0.05) is 13.5 Å². The van der Waals surface area contributed by atoms with Crippen LogP contribution in [-0.2, 0) is 23.2 Å². The molecule has 0 saturated heterocycles. The molecule has 0 saturated carbocycles. The smallest absolute Gasteiger partial charge is 0.311 e. The Labute approximate surface area is 191 Å². The molecule has 1 atom stereocenters. The van der Waals surface area contributed by atoms with Gasteiger partial charge in [-0.05, 0) is 17.7 Å². The van der Waals surface area contributed by atoms with Crippen LogP contribution >= 0.6 is 11.3 Å². The van der Waals surface area contributed by atoms with Crippen LogP contribution in [0, 0.1) is 0 Å². The van der Waals surface area contributed by atoms with Crippen molar-refractivity contribution in [2.45, 2.75) is 18.9 Å². The van der Waals surface area contributed by atoms with Crippen molar-refractivity contribution in [3.63, 3.8) is 0 Å². The van der Waals surface area contributed by atoms with Crippen molar-refractivity contribution in [1.29, 1.82) is 0 Å². The molecule has 2 N–H and O–H groups in total. The molecule has 9 nitrogen and oxygen atoms in total. The molecule has 1 aliphatic heterocycles. The maximum Gasteiger partial charge on any atom is 0.332 e. The van der Waals surface area contributed by atoms with Crippen LogP contribution in [0.15, 0.2) is 64.2 Å². The van der Waals surface area contributed by atoms with Crippen molar-refractivity contribution in [3.8, 4) is 0 Å². The lowest BCUT2D eigenvalue weighted by Crippen LogP contribution is -2.40. The largest absolute Gasteiger partial charge is 0.332 e. The normalized spacial score (nSPS) is 14.8. The first kappa shape index (κ1) is 20.8. The first-order chi connectivity index (χ1) is 15.9. The molecule has 5 rings (SSSR count). The number of para-hydroxylation sites is 1. The maximum atomic E-state index is 12.9. The fourth-order valence-corrected chi connectivity index (χ4v) is 4.85. The summed E-state index contributed by atoms with van der Waals surface area (Å²) in [5.74, 6) is -1.79. The summed E-state index contributed by atoms with van der Waals surface area (Å²) in [6.07, 6.45) is -0.243. The molecular formula is C23H19N5O4S. The van der Waals surface area contributed by atoms with E-state index in [0.29, 0.717) is 5.13 Å². The Morgan fingerprint density at radius 1 is 1.09 bits per heavy atom. The number of hydrogen-bond acceptors (Lipinski definition) is 6. The zero-order valence-corrected chi connectivity index (χ0v) is 18.4. The molecule has 0 unspecified atom stereocenters. The minimum atomic E-state index is -1.00. The van der Waals surface area contributed by atoms with Gasteiger partial charge in [0.05, 0.1) is 28.2 Å². The molecule has 33 heavy (non-hydrogen) atoms. The number of thiazole rings is 1. The third-order valence-electron chi connectivity index (χ3n) is 5.60. The maximum absolute atomic E-state index is 12.9. The van der Waals surface area contributed by atoms with E-state index >= 15 is 0 Å². The minimum absolute atomic E-state index is 0.123. The fraction of sp³-hybridized carbons (Fsp3) is 0.174. The predicted molar refractivity (Wildman–Crippen MR) is 126 cm³/mol. The van der Waals surface area contributed by atoms with Gasteiger partial charge in [-0.3, -0.25) is 23.5 Å². The van der Waals surface area contributed by atoms with Crippen LogP contribution in [0.3, 0.4) is 0 Å². The zero-order chi connectivity index (χ0) is 23.1. The Morgan fingerprint density at radius 2 is 1.82 bits per heavy atom. The first-order valence-corrected chi connectivity index (χ1v) is 11.1. The molecule has 0 spiro atoms. The van der Waals surface area contributed by atoms with Crippen molar-refractivity contribution in [2.75, 3.05) is 10.6 Å². The molecule has 166 valence electrons. The number of anilines is 2. The summed E-state index contributed by atoms with van der Waals surface area (Å²) in [5.41, 5.74) is 0.600. The molecular weight excluding hydrogens is 442 g/mol. The number of amides is 2. The highest BCUT2D eigenvalue weighted by atomic mass is 32.1. The van der Waals surface area contributed by atoms with Gasteiger partial charge >= 0.3 is 5.69 Å². The van der Waals surface area contributed by atoms with Crippen molar-refractivity contribution in [2.24, 2.45) is 7.05 Å². The van der Waals surface area contributed by atoms with Gasteiger partial charge in [0.25, 0.3) is 5.56 Å². The Bertz CT molecular complexity index is 1490. The van der Waals surface area contributed by atoms with Gasteiger partial charge in [-0.25, -0.2) is 9.78 Å². The van der Waals surface area contributed by atoms with Crippen molar-refractivity contribution < 1.29 is 9.59 Å². The van der Waals surface area contributed by atoms with Gasteiger partial charge in [0.2, 0.25) is 11.8 Å². The fourth-order valence-electron chi connectivity index (χ4n) is 3.96. The minimum Gasteiger partial charge on any atom is -0.311 e. The van der Waals surface area contributed by atoms with E-state index in [9.17, 15) is 19.2 Å². The van der Waals surface area contributed by atoms with Crippen LogP contribution < -0.4 is 21.9 Å². The third kappa shape index (κ3) is 3.74. The molecule has 2 aromatic heterocycles. The second kappa shape index (κ2) is 8.14. The molecule has 2 aromatic carbocycles. The van der Waals surface area contributed by atoms with Crippen molar-refractivity contribution in [3.05, 3.63) is 86.6 Å². The predicted octanol–water partition coefficient (Wildman–Crippen LogP) is 2.27. The second-order valence-electron chi connectivity index (χ2n) is 7.76. The van der Waals surface area contributed by atoms with Crippen LogP contribution in [0.25, 0.3) is 10.2 Å². The van der Waals surface area contributed by atoms with E-state index in [0.717, 1.165) is 20.3 Å².